The molecule has 0 spiro atoms. The number of hydrogen-bond acceptors (Lipinski definition) is 1. The van der Waals surface area contributed by atoms with Crippen LogP contribution in [0, 0.1) is 6.92 Å². The van der Waals surface area contributed by atoms with E-state index in [9.17, 15) is 13.2 Å². The zero-order valence-corrected chi connectivity index (χ0v) is 7.80. The maximum atomic E-state index is 12.3. The minimum Gasteiger partial charge on any atom is -0.252 e. The molecule has 1 heterocycles. The smallest absolute Gasteiger partial charge is 0.252 e. The third kappa shape index (κ3) is 2.47. The van der Waals surface area contributed by atoms with E-state index in [1.54, 1.807) is 6.07 Å². The molecule has 0 aromatic carbocycles. The third-order valence-corrected chi connectivity index (χ3v) is 2.04. The Morgan fingerprint density at radius 3 is 2.64 bits per heavy atom. The van der Waals surface area contributed by atoms with E-state index in [1.165, 1.54) is 6.20 Å². The molecule has 0 saturated carbocycles. The van der Waals surface area contributed by atoms with Gasteiger partial charge in [0.25, 0.3) is 0 Å². The molecule has 14 heavy (non-hydrogen) atoms. The molecule has 1 nitrogen and oxygen atoms in total. The summed E-state index contributed by atoms with van der Waals surface area (Å²) in [5.41, 5.74) is -0.271. The molecular formula is C10H11F3N. The monoisotopic (exact) mass is 202 g/mol. The van der Waals surface area contributed by atoms with Crippen LogP contribution in [0.1, 0.15) is 30.5 Å². The van der Waals surface area contributed by atoms with E-state index in [-0.39, 0.29) is 5.92 Å². The van der Waals surface area contributed by atoms with Crippen molar-refractivity contribution < 1.29 is 13.2 Å². The van der Waals surface area contributed by atoms with Gasteiger partial charge >= 0.3 is 6.18 Å². The molecule has 0 aliphatic carbocycles. The summed E-state index contributed by atoms with van der Waals surface area (Å²) in [7, 11) is 0. The van der Waals surface area contributed by atoms with Gasteiger partial charge in [-0.2, -0.15) is 13.2 Å². The maximum absolute atomic E-state index is 12.3. The number of halogens is 3. The first-order valence-corrected chi connectivity index (χ1v) is 4.31. The van der Waals surface area contributed by atoms with E-state index in [4.69, 9.17) is 0 Å². The van der Waals surface area contributed by atoms with Crippen LogP contribution in [-0.4, -0.2) is 4.98 Å². The molecule has 0 aliphatic rings. The summed E-state index contributed by atoms with van der Waals surface area (Å²) in [6.45, 7) is 5.64. The van der Waals surface area contributed by atoms with Crippen molar-refractivity contribution in [1.82, 2.24) is 4.98 Å². The minimum absolute atomic E-state index is 0.112. The number of rotatable bonds is 2. The lowest BCUT2D eigenvalue weighted by Gasteiger charge is -2.11. The molecule has 0 aliphatic heterocycles. The molecule has 1 unspecified atom stereocenters. The van der Waals surface area contributed by atoms with E-state index < -0.39 is 11.9 Å². The van der Waals surface area contributed by atoms with Gasteiger partial charge in [-0.05, 0) is 37.0 Å². The van der Waals surface area contributed by atoms with Gasteiger partial charge < -0.3 is 0 Å². The Morgan fingerprint density at radius 2 is 2.14 bits per heavy atom. The molecule has 77 valence electrons. The molecule has 4 heteroatoms. The van der Waals surface area contributed by atoms with E-state index in [1.807, 2.05) is 6.92 Å². The first kappa shape index (κ1) is 11.0. The first-order valence-electron chi connectivity index (χ1n) is 4.31. The van der Waals surface area contributed by atoms with Crippen molar-refractivity contribution in [2.24, 2.45) is 0 Å². The fourth-order valence-corrected chi connectivity index (χ4v) is 1.09. The lowest BCUT2D eigenvalue weighted by atomic mass is 9.99. The van der Waals surface area contributed by atoms with E-state index in [2.05, 4.69) is 11.9 Å². The highest BCUT2D eigenvalue weighted by atomic mass is 19.4. The predicted molar refractivity (Wildman–Crippen MR) is 47.6 cm³/mol. The number of nitrogens with zero attached hydrogens (tertiary/aromatic N) is 1. The second kappa shape index (κ2) is 3.98. The topological polar surface area (TPSA) is 12.9 Å². The van der Waals surface area contributed by atoms with E-state index in [0.717, 1.165) is 6.07 Å². The van der Waals surface area contributed by atoms with Crippen molar-refractivity contribution in [2.75, 3.05) is 0 Å². The van der Waals surface area contributed by atoms with Crippen LogP contribution in [0.5, 0.6) is 0 Å². The van der Waals surface area contributed by atoms with Crippen LogP contribution in [0.4, 0.5) is 13.2 Å². The number of alkyl halides is 3. The van der Waals surface area contributed by atoms with Crippen LogP contribution in [0.3, 0.4) is 0 Å². The second-order valence-corrected chi connectivity index (χ2v) is 3.08. The van der Waals surface area contributed by atoms with Crippen LogP contribution < -0.4 is 0 Å². The van der Waals surface area contributed by atoms with Gasteiger partial charge in [-0.3, -0.25) is 4.98 Å². The van der Waals surface area contributed by atoms with Crippen molar-refractivity contribution >= 4 is 0 Å². The summed E-state index contributed by atoms with van der Waals surface area (Å²) in [6.07, 6.45) is -2.49. The highest BCUT2D eigenvalue weighted by Gasteiger charge is 2.32. The molecule has 0 bridgehead atoms. The van der Waals surface area contributed by atoms with Crippen molar-refractivity contribution in [3.05, 3.63) is 36.5 Å². The Hall–Kier alpha value is -1.06. The summed E-state index contributed by atoms with van der Waals surface area (Å²) in [6, 6.07) is 2.62. The van der Waals surface area contributed by atoms with E-state index in [0.29, 0.717) is 12.0 Å². The molecule has 1 atom stereocenters. The van der Waals surface area contributed by atoms with Crippen LogP contribution in [0.15, 0.2) is 18.3 Å². The van der Waals surface area contributed by atoms with Gasteiger partial charge in [0.15, 0.2) is 0 Å². The summed E-state index contributed by atoms with van der Waals surface area (Å²) >= 11 is 0. The fourth-order valence-electron chi connectivity index (χ4n) is 1.09. The van der Waals surface area contributed by atoms with Gasteiger partial charge in [-0.15, -0.1) is 0 Å². The van der Waals surface area contributed by atoms with Gasteiger partial charge in [0, 0.05) is 6.20 Å². The van der Waals surface area contributed by atoms with E-state index >= 15 is 0 Å². The fraction of sp³-hybridized carbons (Fsp3) is 0.400. The normalized spacial score (nSPS) is 14.1. The van der Waals surface area contributed by atoms with Gasteiger partial charge in [-0.25, -0.2) is 0 Å². The summed E-state index contributed by atoms with van der Waals surface area (Å²) in [5, 5.41) is 0. The third-order valence-electron chi connectivity index (χ3n) is 2.04. The molecular weight excluding hydrogens is 191 g/mol. The Kier molecular flexibility index (Phi) is 3.13. The van der Waals surface area contributed by atoms with Gasteiger partial charge in [-0.1, -0.05) is 6.92 Å². The molecule has 0 saturated heterocycles. The standard InChI is InChI=1S/C10H11F3N/c1-3-7(2)8-4-5-14-9(6-8)10(11,12)13/h4-7H,2-3H2,1H3. The lowest BCUT2D eigenvalue weighted by molar-refractivity contribution is -0.141. The number of pyridine rings is 1. The minimum atomic E-state index is -4.37. The molecule has 1 radical (unpaired) electrons. The summed E-state index contributed by atoms with van der Waals surface area (Å²) < 4.78 is 36.8. The molecule has 0 N–H and O–H groups in total. The highest BCUT2D eigenvalue weighted by Crippen LogP contribution is 2.29. The zero-order valence-electron chi connectivity index (χ0n) is 7.80. The predicted octanol–water partition coefficient (Wildman–Crippen LogP) is 3.43. The van der Waals surface area contributed by atoms with Crippen LogP contribution in [0.2, 0.25) is 0 Å². The average Bonchev–Trinajstić information content (AvgIpc) is 2.15. The van der Waals surface area contributed by atoms with Crippen LogP contribution in [0.25, 0.3) is 0 Å². The summed E-state index contributed by atoms with van der Waals surface area (Å²) in [5.74, 6) is -0.112. The molecule has 1 aromatic rings. The first-order chi connectivity index (χ1) is 6.45. The Balaban J connectivity index is 3.01. The highest BCUT2D eigenvalue weighted by molar-refractivity contribution is 5.22. The molecule has 0 amide bonds. The number of aromatic nitrogens is 1. The SMILES string of the molecule is [CH2]C(CC)c1ccnc(C(F)(F)F)c1. The van der Waals surface area contributed by atoms with Crippen molar-refractivity contribution in [3.8, 4) is 0 Å². The second-order valence-electron chi connectivity index (χ2n) is 3.08. The molecule has 1 rings (SSSR count). The van der Waals surface area contributed by atoms with Crippen molar-refractivity contribution in [1.29, 1.82) is 0 Å². The Bertz CT molecular complexity index is 306. The summed E-state index contributed by atoms with van der Waals surface area (Å²) in [4.78, 5) is 3.27. The number of hydrogen-bond donors (Lipinski definition) is 0. The van der Waals surface area contributed by atoms with Gasteiger partial charge in [0.2, 0.25) is 0 Å². The van der Waals surface area contributed by atoms with Crippen molar-refractivity contribution in [3.63, 3.8) is 0 Å². The van der Waals surface area contributed by atoms with Gasteiger partial charge in [0.05, 0.1) is 0 Å². The van der Waals surface area contributed by atoms with Gasteiger partial charge in [0.1, 0.15) is 5.69 Å². The lowest BCUT2D eigenvalue weighted by Crippen LogP contribution is -2.08. The molecule has 1 aromatic heterocycles. The maximum Gasteiger partial charge on any atom is 0.433 e. The van der Waals surface area contributed by atoms with Crippen molar-refractivity contribution in [2.45, 2.75) is 25.4 Å². The Morgan fingerprint density at radius 1 is 1.50 bits per heavy atom. The Labute approximate surface area is 81.0 Å². The average molecular weight is 202 g/mol. The molecule has 0 fully saturated rings. The largest absolute Gasteiger partial charge is 0.433 e. The van der Waals surface area contributed by atoms with Crippen LogP contribution in [-0.2, 0) is 6.18 Å². The quantitative estimate of drug-likeness (QED) is 0.716. The van der Waals surface area contributed by atoms with Crippen LogP contribution >= 0.6 is 0 Å². The zero-order chi connectivity index (χ0) is 10.8.